The van der Waals surface area contributed by atoms with E-state index < -0.39 is 5.97 Å². The van der Waals surface area contributed by atoms with Gasteiger partial charge in [-0.2, -0.15) is 5.48 Å². The third kappa shape index (κ3) is 4.09. The molecular formula is C7H13NO2. The van der Waals surface area contributed by atoms with E-state index in [0.29, 0.717) is 12.1 Å². The number of carbonyl (C=O) groups is 1. The van der Waals surface area contributed by atoms with E-state index in [1.807, 2.05) is 6.92 Å². The van der Waals surface area contributed by atoms with E-state index in [2.05, 4.69) is 16.9 Å². The Morgan fingerprint density at radius 3 is 2.70 bits per heavy atom. The van der Waals surface area contributed by atoms with Crippen LogP contribution in [-0.4, -0.2) is 12.5 Å². The van der Waals surface area contributed by atoms with Crippen molar-refractivity contribution in [3.05, 3.63) is 12.2 Å². The van der Waals surface area contributed by atoms with Gasteiger partial charge in [0.25, 0.3) is 0 Å². The number of nitrogens with one attached hydrogen (secondary N) is 1. The number of rotatable bonds is 4. The SMILES string of the molecule is C=C(C)C(=O)ONCCC. The highest BCUT2D eigenvalue weighted by atomic mass is 16.7. The Bertz CT molecular complexity index is 132. The third-order valence-corrected chi connectivity index (χ3v) is 0.865. The van der Waals surface area contributed by atoms with E-state index in [1.54, 1.807) is 6.92 Å². The van der Waals surface area contributed by atoms with Crippen LogP contribution in [0.15, 0.2) is 12.2 Å². The van der Waals surface area contributed by atoms with Crippen molar-refractivity contribution in [1.82, 2.24) is 5.48 Å². The first kappa shape index (κ1) is 9.17. The maximum Gasteiger partial charge on any atom is 0.351 e. The van der Waals surface area contributed by atoms with Gasteiger partial charge in [-0.05, 0) is 13.3 Å². The number of hydroxylamine groups is 1. The number of hydrogen-bond acceptors (Lipinski definition) is 3. The molecule has 0 aromatic rings. The molecule has 10 heavy (non-hydrogen) atoms. The molecule has 0 atom stereocenters. The average Bonchev–Trinajstić information content (AvgIpc) is 1.88. The summed E-state index contributed by atoms with van der Waals surface area (Å²) in [5, 5.41) is 0. The van der Waals surface area contributed by atoms with Crippen LogP contribution in [0.1, 0.15) is 20.3 Å². The summed E-state index contributed by atoms with van der Waals surface area (Å²) in [6.07, 6.45) is 0.934. The summed E-state index contributed by atoms with van der Waals surface area (Å²) < 4.78 is 0. The maximum atomic E-state index is 10.6. The van der Waals surface area contributed by atoms with Crippen LogP contribution in [0.5, 0.6) is 0 Å². The normalized spacial score (nSPS) is 9.00. The van der Waals surface area contributed by atoms with Gasteiger partial charge in [0.2, 0.25) is 0 Å². The van der Waals surface area contributed by atoms with Gasteiger partial charge >= 0.3 is 5.97 Å². The molecule has 0 heterocycles. The lowest BCUT2D eigenvalue weighted by Crippen LogP contribution is -2.20. The Balaban J connectivity index is 3.31. The molecule has 3 heteroatoms. The quantitative estimate of drug-likeness (QED) is 0.363. The molecule has 0 saturated carbocycles. The van der Waals surface area contributed by atoms with E-state index in [0.717, 1.165) is 6.42 Å². The first-order valence-electron chi connectivity index (χ1n) is 3.28. The van der Waals surface area contributed by atoms with Gasteiger partial charge in [0, 0.05) is 12.1 Å². The fraction of sp³-hybridized carbons (Fsp3) is 0.571. The summed E-state index contributed by atoms with van der Waals surface area (Å²) in [5.74, 6) is -0.395. The molecule has 0 rings (SSSR count). The van der Waals surface area contributed by atoms with Gasteiger partial charge in [-0.25, -0.2) is 4.79 Å². The lowest BCUT2D eigenvalue weighted by atomic mass is 10.4. The van der Waals surface area contributed by atoms with Crippen LogP contribution in [0.2, 0.25) is 0 Å². The van der Waals surface area contributed by atoms with Crippen LogP contribution in [0.3, 0.4) is 0 Å². The molecule has 0 aromatic heterocycles. The van der Waals surface area contributed by atoms with Crippen molar-refractivity contribution in [1.29, 1.82) is 0 Å². The predicted octanol–water partition coefficient (Wildman–Crippen LogP) is 1.02. The van der Waals surface area contributed by atoms with Crippen molar-refractivity contribution in [2.75, 3.05) is 6.54 Å². The summed E-state index contributed by atoms with van der Waals surface area (Å²) in [7, 11) is 0. The Labute approximate surface area is 61.0 Å². The van der Waals surface area contributed by atoms with E-state index in [4.69, 9.17) is 0 Å². The molecule has 1 N–H and O–H groups in total. The zero-order valence-electron chi connectivity index (χ0n) is 6.44. The molecule has 0 unspecified atom stereocenters. The molecule has 0 radical (unpaired) electrons. The number of carbonyl (C=O) groups excluding carboxylic acids is 1. The molecule has 0 aliphatic heterocycles. The second-order valence-corrected chi connectivity index (χ2v) is 2.06. The maximum absolute atomic E-state index is 10.6. The lowest BCUT2D eigenvalue weighted by molar-refractivity contribution is -0.146. The van der Waals surface area contributed by atoms with Crippen LogP contribution < -0.4 is 5.48 Å². The minimum Gasteiger partial charge on any atom is -0.367 e. The molecular weight excluding hydrogens is 130 g/mol. The van der Waals surface area contributed by atoms with Gasteiger partial charge < -0.3 is 4.84 Å². The van der Waals surface area contributed by atoms with Crippen LogP contribution in [0, 0.1) is 0 Å². The van der Waals surface area contributed by atoms with Crippen LogP contribution in [0.4, 0.5) is 0 Å². The Hall–Kier alpha value is -0.830. The Morgan fingerprint density at radius 2 is 2.30 bits per heavy atom. The summed E-state index contributed by atoms with van der Waals surface area (Å²) in [6, 6.07) is 0. The Kier molecular flexibility index (Phi) is 4.58. The van der Waals surface area contributed by atoms with Crippen LogP contribution >= 0.6 is 0 Å². The highest BCUT2D eigenvalue weighted by Gasteiger charge is 2.00. The molecule has 0 spiro atoms. The Morgan fingerprint density at radius 1 is 1.70 bits per heavy atom. The van der Waals surface area contributed by atoms with E-state index in [-0.39, 0.29) is 0 Å². The zero-order chi connectivity index (χ0) is 7.98. The van der Waals surface area contributed by atoms with E-state index in [9.17, 15) is 4.79 Å². The van der Waals surface area contributed by atoms with Gasteiger partial charge in [0.1, 0.15) is 0 Å². The lowest BCUT2D eigenvalue weighted by Gasteiger charge is -2.02. The third-order valence-electron chi connectivity index (χ3n) is 0.865. The standard InChI is InChI=1S/C7H13NO2/c1-4-5-8-10-7(9)6(2)3/h8H,2,4-5H2,1,3H3. The topological polar surface area (TPSA) is 38.3 Å². The molecule has 0 aliphatic rings. The zero-order valence-corrected chi connectivity index (χ0v) is 6.44. The second kappa shape index (κ2) is 4.99. The molecule has 0 aliphatic carbocycles. The van der Waals surface area contributed by atoms with Crippen molar-refractivity contribution in [2.24, 2.45) is 0 Å². The first-order chi connectivity index (χ1) is 4.68. The van der Waals surface area contributed by atoms with Crippen molar-refractivity contribution in [3.63, 3.8) is 0 Å². The summed E-state index contributed by atoms with van der Waals surface area (Å²) in [5.41, 5.74) is 2.91. The molecule has 0 bridgehead atoms. The van der Waals surface area contributed by atoms with Crippen molar-refractivity contribution >= 4 is 5.97 Å². The summed E-state index contributed by atoms with van der Waals surface area (Å²) in [6.45, 7) is 7.69. The first-order valence-corrected chi connectivity index (χ1v) is 3.28. The smallest absolute Gasteiger partial charge is 0.351 e. The summed E-state index contributed by atoms with van der Waals surface area (Å²) in [4.78, 5) is 15.2. The predicted molar refractivity (Wildman–Crippen MR) is 39.2 cm³/mol. The van der Waals surface area contributed by atoms with Crippen molar-refractivity contribution in [3.8, 4) is 0 Å². The van der Waals surface area contributed by atoms with Gasteiger partial charge in [-0.3, -0.25) is 0 Å². The van der Waals surface area contributed by atoms with Crippen LogP contribution in [0.25, 0.3) is 0 Å². The van der Waals surface area contributed by atoms with Gasteiger partial charge in [0.05, 0.1) is 0 Å². The van der Waals surface area contributed by atoms with Crippen molar-refractivity contribution in [2.45, 2.75) is 20.3 Å². The highest BCUT2D eigenvalue weighted by Crippen LogP contribution is 1.88. The van der Waals surface area contributed by atoms with E-state index in [1.165, 1.54) is 0 Å². The second-order valence-electron chi connectivity index (χ2n) is 2.06. The van der Waals surface area contributed by atoms with E-state index >= 15 is 0 Å². The molecule has 0 aromatic carbocycles. The molecule has 0 amide bonds. The summed E-state index contributed by atoms with van der Waals surface area (Å²) >= 11 is 0. The highest BCUT2D eigenvalue weighted by molar-refractivity contribution is 5.86. The monoisotopic (exact) mass is 143 g/mol. The average molecular weight is 143 g/mol. The van der Waals surface area contributed by atoms with Crippen LogP contribution in [-0.2, 0) is 9.63 Å². The minimum atomic E-state index is -0.395. The van der Waals surface area contributed by atoms with Gasteiger partial charge in [-0.1, -0.05) is 13.5 Å². The molecule has 58 valence electrons. The molecule has 3 nitrogen and oxygen atoms in total. The number of hydrogen-bond donors (Lipinski definition) is 1. The fourth-order valence-electron chi connectivity index (χ4n) is 0.306. The molecule has 0 fully saturated rings. The van der Waals surface area contributed by atoms with Gasteiger partial charge in [0.15, 0.2) is 0 Å². The largest absolute Gasteiger partial charge is 0.367 e. The minimum absolute atomic E-state index is 0.395. The fourth-order valence-corrected chi connectivity index (χ4v) is 0.306. The molecule has 0 saturated heterocycles. The van der Waals surface area contributed by atoms with Crippen molar-refractivity contribution < 1.29 is 9.63 Å². The van der Waals surface area contributed by atoms with Gasteiger partial charge in [-0.15, -0.1) is 0 Å².